The van der Waals surface area contributed by atoms with Crippen molar-refractivity contribution in [3.63, 3.8) is 0 Å². The molecule has 1 N–H and O–H groups in total. The number of hydrogen-bond donors (Lipinski definition) is 1. The molecule has 5 heteroatoms. The minimum absolute atomic E-state index is 0.317. The van der Waals surface area contributed by atoms with Gasteiger partial charge in [0.25, 0.3) is 0 Å². The molecule has 0 aliphatic heterocycles. The van der Waals surface area contributed by atoms with Gasteiger partial charge < -0.3 is 5.32 Å². The minimum atomic E-state index is -0.355. The fraction of sp³-hybridized carbons (Fsp3) is 0.267. The Morgan fingerprint density at radius 1 is 1.25 bits per heavy atom. The van der Waals surface area contributed by atoms with Crippen LogP contribution in [0.3, 0.4) is 0 Å². The van der Waals surface area contributed by atoms with Crippen molar-refractivity contribution in [2.45, 2.75) is 19.4 Å². The Labute approximate surface area is 127 Å². The predicted molar refractivity (Wildman–Crippen MR) is 80.8 cm³/mol. The molecule has 1 heterocycles. The Morgan fingerprint density at radius 2 is 2.05 bits per heavy atom. The van der Waals surface area contributed by atoms with Crippen molar-refractivity contribution in [2.75, 3.05) is 6.54 Å². The second kappa shape index (κ2) is 7.02. The van der Waals surface area contributed by atoms with E-state index in [4.69, 9.17) is 23.2 Å². The topological polar surface area (TPSA) is 24.9 Å². The zero-order valence-corrected chi connectivity index (χ0v) is 12.5. The predicted octanol–water partition coefficient (Wildman–Crippen LogP) is 4.62. The Balaban J connectivity index is 2.44. The summed E-state index contributed by atoms with van der Waals surface area (Å²) in [5.74, 6) is -0.355. The third-order valence-corrected chi connectivity index (χ3v) is 3.55. The van der Waals surface area contributed by atoms with Crippen LogP contribution < -0.4 is 5.32 Å². The zero-order chi connectivity index (χ0) is 14.5. The Hall–Kier alpha value is -1.16. The van der Waals surface area contributed by atoms with Gasteiger partial charge in [-0.15, -0.1) is 0 Å². The van der Waals surface area contributed by atoms with E-state index >= 15 is 0 Å². The van der Waals surface area contributed by atoms with Gasteiger partial charge in [0.2, 0.25) is 0 Å². The van der Waals surface area contributed by atoms with Crippen LogP contribution in [0.5, 0.6) is 0 Å². The standard InChI is InChI=1S/C15H15Cl2FN2/c1-2-6-20-15(12-5-7-19-9-14(12)18)11-4-3-10(16)8-13(11)17/h3-5,7-9,15,20H,2,6H2,1H3. The molecule has 0 aliphatic carbocycles. The van der Waals surface area contributed by atoms with E-state index in [1.165, 1.54) is 6.20 Å². The monoisotopic (exact) mass is 312 g/mol. The summed E-state index contributed by atoms with van der Waals surface area (Å²) in [7, 11) is 0. The summed E-state index contributed by atoms with van der Waals surface area (Å²) in [4.78, 5) is 3.78. The fourth-order valence-corrected chi connectivity index (χ4v) is 2.55. The number of nitrogens with zero attached hydrogens (tertiary/aromatic N) is 1. The second-order valence-electron chi connectivity index (χ2n) is 4.45. The van der Waals surface area contributed by atoms with Crippen LogP contribution in [0.25, 0.3) is 0 Å². The van der Waals surface area contributed by atoms with Crippen LogP contribution >= 0.6 is 23.2 Å². The van der Waals surface area contributed by atoms with Crippen LogP contribution in [0.2, 0.25) is 10.0 Å². The van der Waals surface area contributed by atoms with E-state index in [1.807, 2.05) is 6.07 Å². The van der Waals surface area contributed by atoms with Crippen LogP contribution in [0.1, 0.15) is 30.5 Å². The van der Waals surface area contributed by atoms with Gasteiger partial charge in [-0.3, -0.25) is 4.98 Å². The van der Waals surface area contributed by atoms with Gasteiger partial charge in [-0.1, -0.05) is 36.2 Å². The number of hydrogen-bond acceptors (Lipinski definition) is 2. The minimum Gasteiger partial charge on any atom is -0.306 e. The van der Waals surface area contributed by atoms with Crippen LogP contribution in [0.15, 0.2) is 36.7 Å². The van der Waals surface area contributed by atoms with Gasteiger partial charge in [0.05, 0.1) is 12.2 Å². The third kappa shape index (κ3) is 3.48. The van der Waals surface area contributed by atoms with E-state index in [9.17, 15) is 4.39 Å². The largest absolute Gasteiger partial charge is 0.306 e. The fourth-order valence-electron chi connectivity index (χ4n) is 2.03. The summed E-state index contributed by atoms with van der Waals surface area (Å²) in [6.45, 7) is 2.81. The first-order chi connectivity index (χ1) is 9.63. The first-order valence-electron chi connectivity index (χ1n) is 6.41. The van der Waals surface area contributed by atoms with E-state index < -0.39 is 0 Å². The molecular weight excluding hydrogens is 298 g/mol. The molecule has 106 valence electrons. The van der Waals surface area contributed by atoms with E-state index in [2.05, 4.69) is 17.2 Å². The van der Waals surface area contributed by atoms with Crippen molar-refractivity contribution in [3.8, 4) is 0 Å². The highest BCUT2D eigenvalue weighted by Gasteiger charge is 2.19. The zero-order valence-electron chi connectivity index (χ0n) is 11.0. The molecule has 1 aromatic carbocycles. The molecule has 1 unspecified atom stereocenters. The summed E-state index contributed by atoms with van der Waals surface area (Å²) in [6, 6.07) is 6.58. The van der Waals surface area contributed by atoms with Crippen molar-refractivity contribution in [1.29, 1.82) is 0 Å². The Kier molecular flexibility index (Phi) is 5.35. The summed E-state index contributed by atoms with van der Waals surface area (Å²) in [5.41, 5.74) is 1.33. The van der Waals surface area contributed by atoms with Gasteiger partial charge in [0.15, 0.2) is 0 Å². The molecular formula is C15H15Cl2FN2. The smallest absolute Gasteiger partial charge is 0.146 e. The van der Waals surface area contributed by atoms with Gasteiger partial charge in [0, 0.05) is 21.8 Å². The van der Waals surface area contributed by atoms with Gasteiger partial charge in [-0.05, 0) is 36.7 Å². The number of aromatic nitrogens is 1. The van der Waals surface area contributed by atoms with Crippen molar-refractivity contribution in [2.24, 2.45) is 0 Å². The molecule has 2 rings (SSSR count). The average Bonchev–Trinajstić information content (AvgIpc) is 2.42. The lowest BCUT2D eigenvalue weighted by Crippen LogP contribution is -2.24. The molecule has 0 saturated heterocycles. The summed E-state index contributed by atoms with van der Waals surface area (Å²) < 4.78 is 14.0. The van der Waals surface area contributed by atoms with Gasteiger partial charge in [0.1, 0.15) is 5.82 Å². The third-order valence-electron chi connectivity index (χ3n) is 2.99. The number of rotatable bonds is 5. The molecule has 0 saturated carbocycles. The van der Waals surface area contributed by atoms with Crippen LogP contribution in [-0.2, 0) is 0 Å². The van der Waals surface area contributed by atoms with Crippen molar-refractivity contribution in [3.05, 3.63) is 63.6 Å². The highest BCUT2D eigenvalue weighted by molar-refractivity contribution is 6.35. The number of halogens is 3. The number of nitrogens with one attached hydrogen (secondary N) is 1. The molecule has 2 nitrogen and oxygen atoms in total. The maximum atomic E-state index is 14.0. The van der Waals surface area contributed by atoms with E-state index in [0.29, 0.717) is 15.6 Å². The van der Waals surface area contributed by atoms with Gasteiger partial charge >= 0.3 is 0 Å². The van der Waals surface area contributed by atoms with Crippen molar-refractivity contribution >= 4 is 23.2 Å². The Bertz CT molecular complexity index is 590. The van der Waals surface area contributed by atoms with Crippen LogP contribution in [0.4, 0.5) is 4.39 Å². The van der Waals surface area contributed by atoms with Gasteiger partial charge in [-0.25, -0.2) is 4.39 Å². The molecule has 2 aromatic rings. The molecule has 0 amide bonds. The molecule has 0 aliphatic rings. The molecule has 0 spiro atoms. The molecule has 0 radical (unpaired) electrons. The first-order valence-corrected chi connectivity index (χ1v) is 7.16. The van der Waals surface area contributed by atoms with Crippen molar-refractivity contribution in [1.82, 2.24) is 10.3 Å². The maximum absolute atomic E-state index is 14.0. The molecule has 0 fully saturated rings. The lowest BCUT2D eigenvalue weighted by atomic mass is 9.99. The van der Waals surface area contributed by atoms with Crippen LogP contribution in [0, 0.1) is 5.82 Å². The average molecular weight is 313 g/mol. The summed E-state index contributed by atoms with van der Waals surface area (Å²) >= 11 is 12.2. The number of pyridine rings is 1. The quantitative estimate of drug-likeness (QED) is 0.871. The summed E-state index contributed by atoms with van der Waals surface area (Å²) in [6.07, 6.45) is 3.72. The SMILES string of the molecule is CCCNC(c1ccncc1F)c1ccc(Cl)cc1Cl. The summed E-state index contributed by atoms with van der Waals surface area (Å²) in [5, 5.41) is 4.38. The second-order valence-corrected chi connectivity index (χ2v) is 5.29. The maximum Gasteiger partial charge on any atom is 0.146 e. The molecule has 1 atom stereocenters. The van der Waals surface area contributed by atoms with Gasteiger partial charge in [-0.2, -0.15) is 0 Å². The van der Waals surface area contributed by atoms with E-state index in [1.54, 1.807) is 24.4 Å². The lowest BCUT2D eigenvalue weighted by molar-refractivity contribution is 0.543. The van der Waals surface area contributed by atoms with E-state index in [-0.39, 0.29) is 11.9 Å². The Morgan fingerprint density at radius 3 is 2.70 bits per heavy atom. The van der Waals surface area contributed by atoms with E-state index in [0.717, 1.165) is 18.5 Å². The number of benzene rings is 1. The highest BCUT2D eigenvalue weighted by Crippen LogP contribution is 2.31. The van der Waals surface area contributed by atoms with Crippen LogP contribution in [-0.4, -0.2) is 11.5 Å². The molecule has 1 aromatic heterocycles. The normalized spacial score (nSPS) is 12.4. The first kappa shape index (κ1) is 15.2. The van der Waals surface area contributed by atoms with Crippen molar-refractivity contribution < 1.29 is 4.39 Å². The highest BCUT2D eigenvalue weighted by atomic mass is 35.5. The molecule has 20 heavy (non-hydrogen) atoms. The molecule has 0 bridgehead atoms. The lowest BCUT2D eigenvalue weighted by Gasteiger charge is -2.21.